The first kappa shape index (κ1) is 12.0. The number of thiazole rings is 1. The number of rotatable bonds is 3. The van der Waals surface area contributed by atoms with Crippen molar-refractivity contribution in [1.82, 2.24) is 4.98 Å². The molecule has 90 valence electrons. The average molecular weight is 292 g/mol. The van der Waals surface area contributed by atoms with E-state index >= 15 is 0 Å². The Morgan fingerprint density at radius 2 is 1.94 bits per heavy atom. The van der Waals surface area contributed by atoms with Crippen LogP contribution in [0, 0.1) is 0 Å². The third-order valence-electron chi connectivity index (χ3n) is 2.54. The summed E-state index contributed by atoms with van der Waals surface area (Å²) in [6, 6.07) is 16.3. The van der Waals surface area contributed by atoms with Gasteiger partial charge in [0, 0.05) is 10.8 Å². The number of benzene rings is 2. The van der Waals surface area contributed by atoms with Crippen molar-refractivity contribution in [3.05, 3.63) is 59.1 Å². The second-order valence-corrected chi connectivity index (χ2v) is 6.56. The Morgan fingerprint density at radius 3 is 2.78 bits per heavy atom. The van der Waals surface area contributed by atoms with Crippen LogP contribution in [0.15, 0.2) is 52.9 Å². The molecule has 0 unspecified atom stereocenters. The third kappa shape index (κ3) is 2.69. The first-order valence-corrected chi connectivity index (χ1v) is 7.72. The summed E-state index contributed by atoms with van der Waals surface area (Å²) in [5, 5.41) is 0.769. The molecule has 2 aromatic carbocycles. The molecule has 18 heavy (non-hydrogen) atoms. The molecular weight excluding hydrogens is 282 g/mol. The number of hydrogen-bond acceptors (Lipinski definition) is 3. The smallest absolute Gasteiger partial charge is 0.151 e. The average Bonchev–Trinajstić information content (AvgIpc) is 2.79. The molecule has 0 N–H and O–H groups in total. The normalized spacial score (nSPS) is 10.9. The van der Waals surface area contributed by atoms with Crippen molar-refractivity contribution in [3.63, 3.8) is 0 Å². The van der Waals surface area contributed by atoms with Gasteiger partial charge in [0.15, 0.2) is 4.34 Å². The molecule has 0 aliphatic heterocycles. The number of hydrogen-bond donors (Lipinski definition) is 0. The summed E-state index contributed by atoms with van der Waals surface area (Å²) in [4.78, 5) is 4.59. The van der Waals surface area contributed by atoms with E-state index in [-0.39, 0.29) is 0 Å². The van der Waals surface area contributed by atoms with Gasteiger partial charge < -0.3 is 0 Å². The lowest BCUT2D eigenvalue weighted by Crippen LogP contribution is -1.78. The Labute approximate surface area is 119 Å². The summed E-state index contributed by atoms with van der Waals surface area (Å²) >= 11 is 9.44. The zero-order valence-electron chi connectivity index (χ0n) is 9.47. The number of thioether (sulfide) groups is 1. The maximum Gasteiger partial charge on any atom is 0.151 e. The molecule has 0 bridgehead atoms. The number of fused-ring (bicyclic) bond motifs is 1. The van der Waals surface area contributed by atoms with E-state index in [1.807, 2.05) is 24.3 Å². The predicted molar refractivity (Wildman–Crippen MR) is 80.6 cm³/mol. The fraction of sp³-hybridized carbons (Fsp3) is 0.0714. The van der Waals surface area contributed by atoms with Crippen LogP contribution in [0.1, 0.15) is 5.56 Å². The first-order chi connectivity index (χ1) is 8.81. The largest absolute Gasteiger partial charge is 0.230 e. The number of halogens is 1. The van der Waals surface area contributed by atoms with Crippen LogP contribution < -0.4 is 0 Å². The molecule has 0 saturated carbocycles. The molecule has 3 rings (SSSR count). The zero-order valence-corrected chi connectivity index (χ0v) is 11.9. The molecule has 3 aromatic rings. The van der Waals surface area contributed by atoms with Gasteiger partial charge in [-0.3, -0.25) is 0 Å². The van der Waals surface area contributed by atoms with Crippen LogP contribution in [-0.4, -0.2) is 4.98 Å². The second-order valence-electron chi connectivity index (χ2n) is 3.87. The fourth-order valence-corrected chi connectivity index (χ4v) is 3.96. The standard InChI is InChI=1S/C14H10ClNS2/c15-11-6-7-12-13(8-11)18-14(16-12)17-9-10-4-2-1-3-5-10/h1-8H,9H2. The van der Waals surface area contributed by atoms with E-state index in [1.54, 1.807) is 23.1 Å². The van der Waals surface area contributed by atoms with E-state index in [0.29, 0.717) is 0 Å². The van der Waals surface area contributed by atoms with Crippen molar-refractivity contribution in [1.29, 1.82) is 0 Å². The van der Waals surface area contributed by atoms with E-state index in [1.165, 1.54) is 5.56 Å². The van der Waals surface area contributed by atoms with Crippen LogP contribution in [-0.2, 0) is 5.75 Å². The van der Waals surface area contributed by atoms with Crippen LogP contribution in [0.25, 0.3) is 10.2 Å². The van der Waals surface area contributed by atoms with E-state index in [2.05, 4.69) is 29.2 Å². The summed E-state index contributed by atoms with van der Waals surface area (Å²) in [7, 11) is 0. The lowest BCUT2D eigenvalue weighted by atomic mass is 10.2. The van der Waals surface area contributed by atoms with Gasteiger partial charge in [0.1, 0.15) is 0 Å². The van der Waals surface area contributed by atoms with Crippen LogP contribution in [0.2, 0.25) is 5.02 Å². The molecule has 0 saturated heterocycles. The van der Waals surface area contributed by atoms with E-state index in [4.69, 9.17) is 11.6 Å². The van der Waals surface area contributed by atoms with Gasteiger partial charge in [-0.15, -0.1) is 11.3 Å². The summed E-state index contributed by atoms with van der Waals surface area (Å²) in [5.41, 5.74) is 2.35. The fourth-order valence-electron chi connectivity index (χ4n) is 1.66. The van der Waals surface area contributed by atoms with Gasteiger partial charge in [-0.2, -0.15) is 0 Å². The number of nitrogens with zero attached hydrogens (tertiary/aromatic N) is 1. The maximum absolute atomic E-state index is 5.97. The molecule has 0 atom stereocenters. The molecule has 0 aliphatic rings. The van der Waals surface area contributed by atoms with Crippen molar-refractivity contribution < 1.29 is 0 Å². The molecule has 1 nitrogen and oxygen atoms in total. The predicted octanol–water partition coefficient (Wildman–Crippen LogP) is 5.24. The minimum atomic E-state index is 0.769. The minimum Gasteiger partial charge on any atom is -0.230 e. The van der Waals surface area contributed by atoms with E-state index in [9.17, 15) is 0 Å². The Hall–Kier alpha value is -1.03. The van der Waals surface area contributed by atoms with Crippen LogP contribution in [0.5, 0.6) is 0 Å². The SMILES string of the molecule is Clc1ccc2nc(SCc3ccccc3)sc2c1. The Balaban J connectivity index is 1.79. The lowest BCUT2D eigenvalue weighted by molar-refractivity contribution is 1.29. The molecular formula is C14H10ClNS2. The molecule has 0 fully saturated rings. The van der Waals surface area contributed by atoms with Gasteiger partial charge in [0.2, 0.25) is 0 Å². The highest BCUT2D eigenvalue weighted by atomic mass is 35.5. The molecule has 0 aliphatic carbocycles. The summed E-state index contributed by atoms with van der Waals surface area (Å²) in [5.74, 6) is 0.953. The second kappa shape index (κ2) is 5.31. The highest BCUT2D eigenvalue weighted by molar-refractivity contribution is 8.00. The molecule has 0 amide bonds. The molecule has 4 heteroatoms. The lowest BCUT2D eigenvalue weighted by Gasteiger charge is -1.97. The summed E-state index contributed by atoms with van der Waals surface area (Å²) < 4.78 is 2.24. The zero-order chi connectivity index (χ0) is 12.4. The first-order valence-electron chi connectivity index (χ1n) is 5.54. The quantitative estimate of drug-likeness (QED) is 0.612. The van der Waals surface area contributed by atoms with Crippen molar-refractivity contribution in [3.8, 4) is 0 Å². The van der Waals surface area contributed by atoms with Crippen molar-refractivity contribution >= 4 is 44.9 Å². The summed E-state index contributed by atoms with van der Waals surface area (Å²) in [6.45, 7) is 0. The maximum atomic E-state index is 5.97. The molecule has 1 heterocycles. The topological polar surface area (TPSA) is 12.9 Å². The van der Waals surface area contributed by atoms with E-state index in [0.717, 1.165) is 25.3 Å². The van der Waals surface area contributed by atoms with Gasteiger partial charge >= 0.3 is 0 Å². The summed E-state index contributed by atoms with van der Waals surface area (Å²) in [6.07, 6.45) is 0. The molecule has 1 aromatic heterocycles. The van der Waals surface area contributed by atoms with Gasteiger partial charge in [0.05, 0.1) is 10.2 Å². The Morgan fingerprint density at radius 1 is 1.11 bits per heavy atom. The minimum absolute atomic E-state index is 0.769. The van der Waals surface area contributed by atoms with Gasteiger partial charge in [-0.25, -0.2) is 4.98 Å². The van der Waals surface area contributed by atoms with Gasteiger partial charge in [-0.1, -0.05) is 53.7 Å². The van der Waals surface area contributed by atoms with E-state index < -0.39 is 0 Å². The van der Waals surface area contributed by atoms with Crippen LogP contribution >= 0.6 is 34.7 Å². The number of aromatic nitrogens is 1. The third-order valence-corrected chi connectivity index (χ3v) is 5.00. The molecule has 0 radical (unpaired) electrons. The highest BCUT2D eigenvalue weighted by Crippen LogP contribution is 2.32. The van der Waals surface area contributed by atoms with Gasteiger partial charge in [0.25, 0.3) is 0 Å². The highest BCUT2D eigenvalue weighted by Gasteiger charge is 2.05. The van der Waals surface area contributed by atoms with Crippen LogP contribution in [0.3, 0.4) is 0 Å². The van der Waals surface area contributed by atoms with Gasteiger partial charge in [-0.05, 0) is 23.8 Å². The Bertz CT molecular complexity index is 664. The molecule has 0 spiro atoms. The van der Waals surface area contributed by atoms with Crippen molar-refractivity contribution in [2.75, 3.05) is 0 Å². The Kier molecular flexibility index (Phi) is 3.55. The van der Waals surface area contributed by atoms with Crippen molar-refractivity contribution in [2.45, 2.75) is 10.1 Å². The van der Waals surface area contributed by atoms with Crippen molar-refractivity contribution in [2.24, 2.45) is 0 Å². The van der Waals surface area contributed by atoms with Crippen LogP contribution in [0.4, 0.5) is 0 Å². The monoisotopic (exact) mass is 291 g/mol.